The van der Waals surface area contributed by atoms with Crippen LogP contribution in [-0.4, -0.2) is 17.0 Å². The second-order valence-electron chi connectivity index (χ2n) is 5.82. The number of benzene rings is 1. The third-order valence-electron chi connectivity index (χ3n) is 3.64. The van der Waals surface area contributed by atoms with Crippen LogP contribution in [0.3, 0.4) is 0 Å². The van der Waals surface area contributed by atoms with Gasteiger partial charge in [0.25, 0.3) is 0 Å². The highest BCUT2D eigenvalue weighted by molar-refractivity contribution is 8.00. The van der Waals surface area contributed by atoms with E-state index in [1.165, 1.54) is 12.3 Å². The van der Waals surface area contributed by atoms with Crippen LogP contribution in [0, 0.1) is 0 Å². The molecule has 6 heteroatoms. The van der Waals surface area contributed by atoms with Gasteiger partial charge in [-0.15, -0.1) is 11.8 Å². The van der Waals surface area contributed by atoms with E-state index in [1.807, 2.05) is 37.3 Å². The zero-order valence-electron chi connectivity index (χ0n) is 15.1. The van der Waals surface area contributed by atoms with Crippen molar-refractivity contribution >= 4 is 17.7 Å². The topological polar surface area (TPSA) is 65.7 Å². The van der Waals surface area contributed by atoms with Gasteiger partial charge in [0.2, 0.25) is 11.2 Å². The summed E-state index contributed by atoms with van der Waals surface area (Å²) < 4.78 is 16.0. The Morgan fingerprint density at radius 1 is 1.23 bits per heavy atom. The third kappa shape index (κ3) is 6.59. The highest BCUT2D eigenvalue weighted by Crippen LogP contribution is 2.15. The summed E-state index contributed by atoms with van der Waals surface area (Å²) in [7, 11) is 0. The molecule has 0 fully saturated rings. The lowest BCUT2D eigenvalue weighted by atomic mass is 10.2. The Balaban J connectivity index is 1.83. The minimum absolute atomic E-state index is 0.0638. The summed E-state index contributed by atoms with van der Waals surface area (Å²) in [5.41, 5.74) is 0.656. The molecule has 2 rings (SSSR count). The fourth-order valence-electron chi connectivity index (χ4n) is 2.09. The van der Waals surface area contributed by atoms with E-state index in [1.54, 1.807) is 11.8 Å². The molecule has 0 aliphatic heterocycles. The van der Waals surface area contributed by atoms with Gasteiger partial charge in [-0.05, 0) is 24.7 Å². The largest absolute Gasteiger partial charge is 0.482 e. The molecular weight excluding hydrogens is 352 g/mol. The minimum Gasteiger partial charge on any atom is -0.482 e. The van der Waals surface area contributed by atoms with Crippen molar-refractivity contribution in [1.29, 1.82) is 0 Å². The van der Waals surface area contributed by atoms with Gasteiger partial charge in [-0.25, -0.2) is 0 Å². The van der Waals surface area contributed by atoms with Gasteiger partial charge in [0, 0.05) is 6.07 Å². The first kappa shape index (κ1) is 20.1. The number of hydrogen-bond donors (Lipinski definition) is 0. The van der Waals surface area contributed by atoms with Crippen molar-refractivity contribution in [2.75, 3.05) is 5.75 Å². The summed E-state index contributed by atoms with van der Waals surface area (Å²) in [5.74, 6) is 1.04. The molecule has 0 spiro atoms. The molecule has 0 N–H and O–H groups in total. The van der Waals surface area contributed by atoms with Gasteiger partial charge in [-0.3, -0.25) is 9.59 Å². The Hall–Kier alpha value is -2.21. The van der Waals surface area contributed by atoms with E-state index in [0.29, 0.717) is 5.76 Å². The lowest BCUT2D eigenvalue weighted by Crippen LogP contribution is -2.18. The number of carbonyl (C=O) groups is 1. The SMILES string of the molecule is CCCCS[C@H](C)C(=O)OCc1cc(=O)c(OCc2ccccc2)co1. The highest BCUT2D eigenvalue weighted by atomic mass is 32.2. The highest BCUT2D eigenvalue weighted by Gasteiger charge is 2.15. The van der Waals surface area contributed by atoms with E-state index in [4.69, 9.17) is 13.9 Å². The number of carbonyl (C=O) groups excluding carboxylic acids is 1. The van der Waals surface area contributed by atoms with Crippen LogP contribution in [0.2, 0.25) is 0 Å². The normalized spacial score (nSPS) is 11.8. The van der Waals surface area contributed by atoms with Gasteiger partial charge in [0.15, 0.2) is 0 Å². The third-order valence-corrected chi connectivity index (χ3v) is 4.86. The van der Waals surface area contributed by atoms with Crippen LogP contribution in [0.1, 0.15) is 38.0 Å². The summed E-state index contributed by atoms with van der Waals surface area (Å²) in [6.07, 6.45) is 3.42. The second-order valence-corrected chi connectivity index (χ2v) is 7.27. The first-order valence-electron chi connectivity index (χ1n) is 8.66. The predicted molar refractivity (Wildman–Crippen MR) is 102 cm³/mol. The fraction of sp³-hybridized carbons (Fsp3) is 0.400. The van der Waals surface area contributed by atoms with Crippen molar-refractivity contribution in [2.24, 2.45) is 0 Å². The van der Waals surface area contributed by atoms with Crippen LogP contribution in [0.5, 0.6) is 5.75 Å². The molecule has 0 bridgehead atoms. The molecule has 1 heterocycles. The predicted octanol–water partition coefficient (Wildman–Crippen LogP) is 4.18. The molecule has 5 nitrogen and oxygen atoms in total. The molecule has 140 valence electrons. The number of esters is 1. The first-order valence-corrected chi connectivity index (χ1v) is 9.71. The first-order chi connectivity index (χ1) is 12.6. The van der Waals surface area contributed by atoms with Crippen molar-refractivity contribution in [3.8, 4) is 5.75 Å². The van der Waals surface area contributed by atoms with E-state index in [2.05, 4.69) is 6.92 Å². The average Bonchev–Trinajstić information content (AvgIpc) is 2.66. The summed E-state index contributed by atoms with van der Waals surface area (Å²) in [6, 6.07) is 10.8. The Morgan fingerprint density at radius 2 is 2.00 bits per heavy atom. The fourth-order valence-corrected chi connectivity index (χ4v) is 3.10. The second kappa shape index (κ2) is 10.7. The maximum Gasteiger partial charge on any atom is 0.319 e. The lowest BCUT2D eigenvalue weighted by Gasteiger charge is -2.11. The number of unbranched alkanes of at least 4 members (excludes halogenated alkanes) is 1. The van der Waals surface area contributed by atoms with Crippen molar-refractivity contribution in [3.05, 3.63) is 64.2 Å². The van der Waals surface area contributed by atoms with Gasteiger partial charge in [0.1, 0.15) is 25.2 Å². The molecule has 0 saturated carbocycles. The van der Waals surface area contributed by atoms with Crippen LogP contribution >= 0.6 is 11.8 Å². The van der Waals surface area contributed by atoms with Gasteiger partial charge in [-0.2, -0.15) is 0 Å². The van der Waals surface area contributed by atoms with Gasteiger partial charge >= 0.3 is 5.97 Å². The molecule has 0 aliphatic carbocycles. The van der Waals surface area contributed by atoms with Gasteiger partial charge < -0.3 is 13.9 Å². The molecular formula is C20H24O5S. The van der Waals surface area contributed by atoms with Crippen molar-refractivity contribution in [1.82, 2.24) is 0 Å². The monoisotopic (exact) mass is 376 g/mol. The van der Waals surface area contributed by atoms with Crippen LogP contribution in [0.25, 0.3) is 0 Å². The average molecular weight is 376 g/mol. The molecule has 0 unspecified atom stereocenters. The maximum absolute atomic E-state index is 12.1. The van der Waals surface area contributed by atoms with E-state index >= 15 is 0 Å². The van der Waals surface area contributed by atoms with Crippen molar-refractivity contribution in [3.63, 3.8) is 0 Å². The number of ether oxygens (including phenoxy) is 2. The Morgan fingerprint density at radius 3 is 2.69 bits per heavy atom. The smallest absolute Gasteiger partial charge is 0.319 e. The van der Waals surface area contributed by atoms with Gasteiger partial charge in [0.05, 0.1) is 5.25 Å². The number of hydrogen-bond acceptors (Lipinski definition) is 6. The maximum atomic E-state index is 12.1. The molecule has 1 aromatic heterocycles. The molecule has 0 amide bonds. The molecule has 2 aromatic rings. The van der Waals surface area contributed by atoms with Crippen LogP contribution < -0.4 is 10.2 Å². The number of thioether (sulfide) groups is 1. The lowest BCUT2D eigenvalue weighted by molar-refractivity contribution is -0.144. The van der Waals surface area contributed by atoms with E-state index in [0.717, 1.165) is 24.2 Å². The Kier molecular flexibility index (Phi) is 8.28. The summed E-state index contributed by atoms with van der Waals surface area (Å²) in [4.78, 5) is 24.0. The minimum atomic E-state index is -0.307. The Bertz CT molecular complexity index is 741. The van der Waals surface area contributed by atoms with Crippen LogP contribution in [0.15, 0.2) is 51.9 Å². The summed E-state index contributed by atoms with van der Waals surface area (Å²) >= 11 is 1.57. The molecule has 0 radical (unpaired) electrons. The summed E-state index contributed by atoms with van der Waals surface area (Å²) in [5, 5.41) is -0.234. The van der Waals surface area contributed by atoms with Crippen molar-refractivity contribution in [2.45, 2.75) is 45.2 Å². The van der Waals surface area contributed by atoms with Crippen LogP contribution in [-0.2, 0) is 22.7 Å². The zero-order chi connectivity index (χ0) is 18.8. The van der Waals surface area contributed by atoms with Gasteiger partial charge in [-0.1, -0.05) is 43.7 Å². The zero-order valence-corrected chi connectivity index (χ0v) is 15.9. The summed E-state index contributed by atoms with van der Waals surface area (Å²) in [6.45, 7) is 4.15. The van der Waals surface area contributed by atoms with Crippen molar-refractivity contribution < 1.29 is 18.7 Å². The quantitative estimate of drug-likeness (QED) is 0.458. The van der Waals surface area contributed by atoms with E-state index in [-0.39, 0.29) is 35.6 Å². The molecule has 0 aliphatic rings. The molecule has 0 saturated heterocycles. The van der Waals surface area contributed by atoms with E-state index in [9.17, 15) is 9.59 Å². The number of rotatable bonds is 10. The molecule has 26 heavy (non-hydrogen) atoms. The van der Waals surface area contributed by atoms with Crippen LogP contribution in [0.4, 0.5) is 0 Å². The van der Waals surface area contributed by atoms with E-state index < -0.39 is 0 Å². The Labute approximate surface area is 157 Å². The molecule has 1 atom stereocenters. The molecule has 1 aromatic carbocycles. The standard InChI is InChI=1S/C20H24O5S/c1-3-4-10-26-15(2)20(22)25-13-17-11-18(21)19(14-23-17)24-12-16-8-6-5-7-9-16/h5-9,11,14-15H,3-4,10,12-13H2,1-2H3/t15-/m1/s1.